The number of carbonyl (C=O) groups excluding carboxylic acids is 2. The number of esters is 1. The molecular weight excluding hydrogens is 282 g/mol. The van der Waals surface area contributed by atoms with Gasteiger partial charge in [0, 0.05) is 0 Å². The Kier molecular flexibility index (Phi) is 6.89. The minimum atomic E-state index is -0.627. The van der Waals surface area contributed by atoms with E-state index in [1.54, 1.807) is 0 Å². The van der Waals surface area contributed by atoms with Crippen LogP contribution in [0.4, 0.5) is 0 Å². The number of benzene rings is 1. The second-order valence-corrected chi connectivity index (χ2v) is 5.68. The normalized spacial score (nSPS) is 11.9. The minimum Gasteiger partial charge on any atom is -0.493 e. The predicted octanol–water partition coefficient (Wildman–Crippen LogP) is 2.39. The summed E-state index contributed by atoms with van der Waals surface area (Å²) in [5.41, 5.74) is 2.14. The Morgan fingerprint density at radius 3 is 2.50 bits per heavy atom. The molecule has 0 aliphatic heterocycles. The number of rotatable bonds is 7. The van der Waals surface area contributed by atoms with Crippen molar-refractivity contribution in [1.29, 1.82) is 0 Å². The average molecular weight is 307 g/mol. The highest BCUT2D eigenvalue weighted by Gasteiger charge is 2.24. The van der Waals surface area contributed by atoms with Crippen LogP contribution in [0.15, 0.2) is 18.2 Å². The van der Waals surface area contributed by atoms with Crippen LogP contribution in [0.25, 0.3) is 0 Å². The number of aryl methyl sites for hydroxylation is 2. The van der Waals surface area contributed by atoms with E-state index in [1.807, 2.05) is 45.9 Å². The van der Waals surface area contributed by atoms with Gasteiger partial charge in [-0.3, -0.25) is 4.79 Å². The van der Waals surface area contributed by atoms with Gasteiger partial charge in [-0.1, -0.05) is 26.0 Å². The molecule has 1 unspecified atom stereocenters. The van der Waals surface area contributed by atoms with Crippen molar-refractivity contribution < 1.29 is 19.1 Å². The molecule has 5 heteroatoms. The first-order chi connectivity index (χ1) is 10.3. The number of amides is 1. The van der Waals surface area contributed by atoms with Crippen LogP contribution >= 0.6 is 0 Å². The van der Waals surface area contributed by atoms with Crippen LogP contribution in [0.5, 0.6) is 5.75 Å². The summed E-state index contributed by atoms with van der Waals surface area (Å²) in [6.07, 6.45) is 0.188. The summed E-state index contributed by atoms with van der Waals surface area (Å²) < 4.78 is 10.3. The van der Waals surface area contributed by atoms with Crippen LogP contribution in [0.3, 0.4) is 0 Å². The number of hydrogen-bond acceptors (Lipinski definition) is 4. The SMILES string of the molecule is COC(=O)C(NC(=O)CCOc1cc(C)ccc1C)C(C)C. The molecule has 0 aliphatic carbocycles. The van der Waals surface area contributed by atoms with Crippen molar-refractivity contribution in [2.24, 2.45) is 5.92 Å². The molecule has 5 nitrogen and oxygen atoms in total. The first-order valence-electron chi connectivity index (χ1n) is 7.42. The van der Waals surface area contributed by atoms with Crippen LogP contribution in [0.1, 0.15) is 31.4 Å². The van der Waals surface area contributed by atoms with Gasteiger partial charge in [-0.05, 0) is 37.0 Å². The quantitative estimate of drug-likeness (QED) is 0.786. The first-order valence-corrected chi connectivity index (χ1v) is 7.42. The van der Waals surface area contributed by atoms with Crippen molar-refractivity contribution >= 4 is 11.9 Å². The Bertz CT molecular complexity index is 525. The molecular formula is C17H25NO4. The molecule has 1 aromatic carbocycles. The highest BCUT2D eigenvalue weighted by atomic mass is 16.5. The van der Waals surface area contributed by atoms with Gasteiger partial charge in [0.15, 0.2) is 0 Å². The zero-order valence-corrected chi connectivity index (χ0v) is 13.9. The first kappa shape index (κ1) is 18.0. The molecule has 0 saturated carbocycles. The maximum atomic E-state index is 11.9. The molecule has 0 radical (unpaired) electrons. The topological polar surface area (TPSA) is 64.6 Å². The molecule has 1 atom stereocenters. The molecule has 122 valence electrons. The molecule has 22 heavy (non-hydrogen) atoms. The fourth-order valence-corrected chi connectivity index (χ4v) is 1.99. The van der Waals surface area contributed by atoms with Crippen molar-refractivity contribution in [2.75, 3.05) is 13.7 Å². The average Bonchev–Trinajstić information content (AvgIpc) is 2.47. The third-order valence-electron chi connectivity index (χ3n) is 3.37. The summed E-state index contributed by atoms with van der Waals surface area (Å²) in [5.74, 6) is 0.0886. The highest BCUT2D eigenvalue weighted by molar-refractivity contribution is 5.84. The van der Waals surface area contributed by atoms with Gasteiger partial charge >= 0.3 is 5.97 Å². The Hall–Kier alpha value is -2.04. The van der Waals surface area contributed by atoms with Crippen molar-refractivity contribution in [3.05, 3.63) is 29.3 Å². The van der Waals surface area contributed by atoms with Crippen LogP contribution < -0.4 is 10.1 Å². The van der Waals surface area contributed by atoms with E-state index in [1.165, 1.54) is 7.11 Å². The van der Waals surface area contributed by atoms with E-state index in [4.69, 9.17) is 9.47 Å². The van der Waals surface area contributed by atoms with Gasteiger partial charge in [0.05, 0.1) is 20.1 Å². The van der Waals surface area contributed by atoms with Crippen LogP contribution in [0.2, 0.25) is 0 Å². The molecule has 1 N–H and O–H groups in total. The zero-order chi connectivity index (χ0) is 16.7. The summed E-state index contributed by atoms with van der Waals surface area (Å²) in [6, 6.07) is 5.31. The lowest BCUT2D eigenvalue weighted by Crippen LogP contribution is -2.45. The largest absolute Gasteiger partial charge is 0.493 e. The molecule has 0 bridgehead atoms. The molecule has 0 aromatic heterocycles. The lowest BCUT2D eigenvalue weighted by Gasteiger charge is -2.19. The lowest BCUT2D eigenvalue weighted by atomic mass is 10.0. The maximum Gasteiger partial charge on any atom is 0.328 e. The summed E-state index contributed by atoms with van der Waals surface area (Å²) in [6.45, 7) is 7.93. The molecule has 1 rings (SSSR count). The number of ether oxygens (including phenoxy) is 2. The standard InChI is InChI=1S/C17H25NO4/c1-11(2)16(17(20)21-5)18-15(19)8-9-22-14-10-12(3)6-7-13(14)4/h6-7,10-11,16H,8-9H2,1-5H3,(H,18,19). The Morgan fingerprint density at radius 1 is 1.23 bits per heavy atom. The monoisotopic (exact) mass is 307 g/mol. The summed E-state index contributed by atoms with van der Waals surface area (Å²) in [5, 5.41) is 2.69. The van der Waals surface area contributed by atoms with Crippen molar-refractivity contribution in [3.63, 3.8) is 0 Å². The molecule has 0 aliphatic rings. The number of nitrogens with one attached hydrogen (secondary N) is 1. The van der Waals surface area contributed by atoms with Crippen LogP contribution in [-0.2, 0) is 14.3 Å². The summed E-state index contributed by atoms with van der Waals surface area (Å²) in [7, 11) is 1.31. The lowest BCUT2D eigenvalue weighted by molar-refractivity contribution is -0.146. The van der Waals surface area contributed by atoms with Gasteiger partial charge < -0.3 is 14.8 Å². The minimum absolute atomic E-state index is 0.0312. The van der Waals surface area contributed by atoms with E-state index in [9.17, 15) is 9.59 Å². The van der Waals surface area contributed by atoms with Crippen LogP contribution in [-0.4, -0.2) is 31.6 Å². The summed E-state index contributed by atoms with van der Waals surface area (Å²) >= 11 is 0. The Morgan fingerprint density at radius 2 is 1.91 bits per heavy atom. The number of hydrogen-bond donors (Lipinski definition) is 1. The second-order valence-electron chi connectivity index (χ2n) is 5.68. The van der Waals surface area contributed by atoms with Gasteiger partial charge in [-0.2, -0.15) is 0 Å². The smallest absolute Gasteiger partial charge is 0.328 e. The predicted molar refractivity (Wildman–Crippen MR) is 84.8 cm³/mol. The third-order valence-corrected chi connectivity index (χ3v) is 3.37. The Labute approximate surface area is 132 Å². The number of methoxy groups -OCH3 is 1. The van der Waals surface area contributed by atoms with Gasteiger partial charge in [-0.15, -0.1) is 0 Å². The molecule has 1 aromatic rings. The van der Waals surface area contributed by atoms with E-state index in [-0.39, 0.29) is 24.9 Å². The van der Waals surface area contributed by atoms with Crippen molar-refractivity contribution in [3.8, 4) is 5.75 Å². The van der Waals surface area contributed by atoms with E-state index in [2.05, 4.69) is 5.32 Å². The van der Waals surface area contributed by atoms with Crippen molar-refractivity contribution in [2.45, 2.75) is 40.2 Å². The molecule has 0 spiro atoms. The molecule has 0 saturated heterocycles. The fraction of sp³-hybridized carbons (Fsp3) is 0.529. The van der Waals surface area contributed by atoms with Gasteiger partial charge in [0.1, 0.15) is 11.8 Å². The highest BCUT2D eigenvalue weighted by Crippen LogP contribution is 2.19. The van der Waals surface area contributed by atoms with E-state index >= 15 is 0 Å². The zero-order valence-electron chi connectivity index (χ0n) is 13.9. The van der Waals surface area contributed by atoms with Gasteiger partial charge in [0.25, 0.3) is 0 Å². The second kappa shape index (κ2) is 8.41. The fourth-order valence-electron chi connectivity index (χ4n) is 1.99. The maximum absolute atomic E-state index is 11.9. The molecule has 0 heterocycles. The number of carbonyl (C=O) groups is 2. The third kappa shape index (κ3) is 5.39. The van der Waals surface area contributed by atoms with E-state index < -0.39 is 12.0 Å². The van der Waals surface area contributed by atoms with E-state index in [0.29, 0.717) is 0 Å². The van der Waals surface area contributed by atoms with Crippen LogP contribution in [0, 0.1) is 19.8 Å². The van der Waals surface area contributed by atoms with Crippen molar-refractivity contribution in [1.82, 2.24) is 5.32 Å². The summed E-state index contributed by atoms with van der Waals surface area (Å²) in [4.78, 5) is 23.5. The van der Waals surface area contributed by atoms with E-state index in [0.717, 1.165) is 16.9 Å². The Balaban J connectivity index is 2.49. The van der Waals surface area contributed by atoms with Gasteiger partial charge in [0.2, 0.25) is 5.91 Å². The molecule has 0 fully saturated rings. The van der Waals surface area contributed by atoms with Gasteiger partial charge in [-0.25, -0.2) is 4.79 Å². The molecule has 1 amide bonds.